The average Bonchev–Trinajstić information content (AvgIpc) is 3.13. The molecule has 0 aromatic carbocycles. The van der Waals surface area contributed by atoms with Crippen LogP contribution in [0.1, 0.15) is 44.3 Å². The Balaban J connectivity index is 1.37. The molecule has 1 aromatic rings. The maximum atomic E-state index is 5.94. The number of rotatable bonds is 6. The van der Waals surface area contributed by atoms with Gasteiger partial charge in [-0.2, -0.15) is 5.10 Å². The van der Waals surface area contributed by atoms with Gasteiger partial charge in [0.05, 0.1) is 19.3 Å². The van der Waals surface area contributed by atoms with E-state index in [-0.39, 0.29) is 6.10 Å². The minimum Gasteiger partial charge on any atom is -0.370 e. The predicted molar refractivity (Wildman–Crippen MR) is 109 cm³/mol. The van der Waals surface area contributed by atoms with Crippen LogP contribution in [0.25, 0.3) is 0 Å². The summed E-state index contributed by atoms with van der Waals surface area (Å²) in [6.45, 7) is 9.55. The zero-order valence-electron chi connectivity index (χ0n) is 17.2. The van der Waals surface area contributed by atoms with Crippen molar-refractivity contribution in [2.75, 3.05) is 52.9 Å². The molecule has 0 aliphatic carbocycles. The lowest BCUT2D eigenvalue weighted by atomic mass is 9.99. The van der Waals surface area contributed by atoms with Crippen molar-refractivity contribution in [1.82, 2.24) is 24.9 Å². The molecule has 2 fully saturated rings. The van der Waals surface area contributed by atoms with Crippen LogP contribution in [0.2, 0.25) is 0 Å². The van der Waals surface area contributed by atoms with Gasteiger partial charge in [0.25, 0.3) is 0 Å². The van der Waals surface area contributed by atoms with Crippen LogP contribution in [-0.2, 0) is 11.8 Å². The fourth-order valence-corrected chi connectivity index (χ4v) is 3.93. The van der Waals surface area contributed by atoms with E-state index >= 15 is 0 Å². The van der Waals surface area contributed by atoms with Crippen LogP contribution in [-0.4, -0.2) is 78.5 Å². The molecule has 27 heavy (non-hydrogen) atoms. The molecule has 7 nitrogen and oxygen atoms in total. The van der Waals surface area contributed by atoms with Gasteiger partial charge in [0.1, 0.15) is 6.10 Å². The lowest BCUT2D eigenvalue weighted by molar-refractivity contribution is -0.00802. The van der Waals surface area contributed by atoms with Gasteiger partial charge in [-0.1, -0.05) is 6.92 Å². The molecular formula is C20H36N6O. The quantitative estimate of drug-likeness (QED) is 0.467. The van der Waals surface area contributed by atoms with E-state index in [0.29, 0.717) is 6.61 Å². The molecule has 0 spiro atoms. The predicted octanol–water partition coefficient (Wildman–Crippen LogP) is 1.88. The number of piperidine rings is 1. The maximum absolute atomic E-state index is 5.94. The fraction of sp³-hybridized carbons (Fsp3) is 0.800. The summed E-state index contributed by atoms with van der Waals surface area (Å²) in [6, 6.07) is 0. The standard InChI is InChI=1S/C20H36N6O/c1-17-6-10-25(11-7-17)9-5-4-8-22-20(21-2)26-12-13-27-19(16-26)18-14-23-24(3)15-18/h14-15,17,19H,4-13,16H2,1-3H3,(H,21,22). The average molecular weight is 377 g/mol. The van der Waals surface area contributed by atoms with Gasteiger partial charge in [-0.05, 0) is 51.2 Å². The van der Waals surface area contributed by atoms with Gasteiger partial charge < -0.3 is 19.9 Å². The summed E-state index contributed by atoms with van der Waals surface area (Å²) in [7, 11) is 3.81. The van der Waals surface area contributed by atoms with Crippen LogP contribution in [0.3, 0.4) is 0 Å². The van der Waals surface area contributed by atoms with Crippen molar-refractivity contribution < 1.29 is 4.74 Å². The second-order valence-corrected chi connectivity index (χ2v) is 7.96. The van der Waals surface area contributed by atoms with E-state index in [4.69, 9.17) is 4.74 Å². The number of hydrogen-bond acceptors (Lipinski definition) is 4. The zero-order valence-corrected chi connectivity index (χ0v) is 17.2. The minimum atomic E-state index is 0.0625. The first kappa shape index (κ1) is 20.1. The van der Waals surface area contributed by atoms with Gasteiger partial charge in [0, 0.05) is 38.9 Å². The molecule has 152 valence electrons. The van der Waals surface area contributed by atoms with Crippen LogP contribution in [0.5, 0.6) is 0 Å². The Labute approximate surface area is 163 Å². The van der Waals surface area contributed by atoms with Gasteiger partial charge in [-0.3, -0.25) is 9.67 Å². The summed E-state index contributed by atoms with van der Waals surface area (Å²) in [6.07, 6.45) is 9.14. The molecule has 1 N–H and O–H groups in total. The number of guanidine groups is 1. The highest BCUT2D eigenvalue weighted by Gasteiger charge is 2.25. The first-order valence-electron chi connectivity index (χ1n) is 10.4. The molecule has 2 aliphatic heterocycles. The summed E-state index contributed by atoms with van der Waals surface area (Å²) >= 11 is 0. The first-order valence-corrected chi connectivity index (χ1v) is 10.4. The van der Waals surface area contributed by atoms with Crippen molar-refractivity contribution in [3.05, 3.63) is 18.0 Å². The Bertz CT molecular complexity index is 593. The van der Waals surface area contributed by atoms with E-state index in [0.717, 1.165) is 37.1 Å². The van der Waals surface area contributed by atoms with Crippen LogP contribution in [0.15, 0.2) is 17.4 Å². The SMILES string of the molecule is CN=C(NCCCCN1CCC(C)CC1)N1CCOC(c2cnn(C)c2)C1. The molecule has 1 atom stereocenters. The van der Waals surface area contributed by atoms with Gasteiger partial charge in [0.2, 0.25) is 0 Å². The summed E-state index contributed by atoms with van der Waals surface area (Å²) in [5.41, 5.74) is 1.13. The second-order valence-electron chi connectivity index (χ2n) is 7.96. The summed E-state index contributed by atoms with van der Waals surface area (Å²) < 4.78 is 7.76. The molecule has 0 saturated carbocycles. The molecule has 2 saturated heterocycles. The van der Waals surface area contributed by atoms with Crippen LogP contribution < -0.4 is 5.32 Å². The van der Waals surface area contributed by atoms with Crippen LogP contribution in [0, 0.1) is 5.92 Å². The Morgan fingerprint density at radius 1 is 1.30 bits per heavy atom. The molecule has 7 heteroatoms. The number of nitrogens with zero attached hydrogens (tertiary/aromatic N) is 5. The lowest BCUT2D eigenvalue weighted by Crippen LogP contribution is -2.48. The number of aromatic nitrogens is 2. The fourth-order valence-electron chi connectivity index (χ4n) is 3.93. The van der Waals surface area contributed by atoms with E-state index in [9.17, 15) is 0 Å². The topological polar surface area (TPSA) is 57.9 Å². The summed E-state index contributed by atoms with van der Waals surface area (Å²) in [4.78, 5) is 9.40. The first-order chi connectivity index (χ1) is 13.2. The molecule has 1 aromatic heterocycles. The number of unbranched alkanes of at least 4 members (excludes halogenated alkanes) is 1. The minimum absolute atomic E-state index is 0.0625. The van der Waals surface area contributed by atoms with Crippen molar-refractivity contribution in [2.45, 2.75) is 38.7 Å². The Morgan fingerprint density at radius 2 is 2.11 bits per heavy atom. The highest BCUT2D eigenvalue weighted by Crippen LogP contribution is 2.21. The molecule has 0 bridgehead atoms. The van der Waals surface area contributed by atoms with Crippen molar-refractivity contribution in [3.63, 3.8) is 0 Å². The third-order valence-electron chi connectivity index (χ3n) is 5.73. The highest BCUT2D eigenvalue weighted by atomic mass is 16.5. The third-order valence-corrected chi connectivity index (χ3v) is 5.73. The maximum Gasteiger partial charge on any atom is 0.193 e. The number of likely N-dealkylation sites (tertiary alicyclic amines) is 1. The number of aliphatic imine (C=N–C) groups is 1. The zero-order chi connectivity index (χ0) is 19.1. The molecule has 3 heterocycles. The molecule has 1 unspecified atom stereocenters. The molecule has 2 aliphatic rings. The van der Waals surface area contributed by atoms with Gasteiger partial charge >= 0.3 is 0 Å². The molecule has 0 amide bonds. The Hall–Kier alpha value is -1.60. The van der Waals surface area contributed by atoms with Crippen molar-refractivity contribution >= 4 is 5.96 Å². The van der Waals surface area contributed by atoms with E-state index in [1.165, 1.54) is 45.3 Å². The van der Waals surface area contributed by atoms with E-state index < -0.39 is 0 Å². The number of hydrogen-bond donors (Lipinski definition) is 1. The smallest absolute Gasteiger partial charge is 0.193 e. The number of nitrogens with one attached hydrogen (secondary N) is 1. The highest BCUT2D eigenvalue weighted by molar-refractivity contribution is 5.80. The summed E-state index contributed by atoms with van der Waals surface area (Å²) in [5.74, 6) is 1.90. The van der Waals surface area contributed by atoms with Gasteiger partial charge in [-0.25, -0.2) is 0 Å². The van der Waals surface area contributed by atoms with Gasteiger partial charge in [0.15, 0.2) is 5.96 Å². The normalized spacial score (nSPS) is 23.0. The van der Waals surface area contributed by atoms with Crippen molar-refractivity contribution in [2.24, 2.45) is 18.0 Å². The Morgan fingerprint density at radius 3 is 2.81 bits per heavy atom. The number of aryl methyl sites for hydroxylation is 1. The Kier molecular flexibility index (Phi) is 7.52. The van der Waals surface area contributed by atoms with Crippen molar-refractivity contribution in [1.29, 1.82) is 0 Å². The number of ether oxygens (including phenoxy) is 1. The van der Waals surface area contributed by atoms with E-state index in [1.54, 1.807) is 0 Å². The number of morpholine rings is 1. The van der Waals surface area contributed by atoms with E-state index in [2.05, 4.69) is 32.1 Å². The van der Waals surface area contributed by atoms with Crippen LogP contribution in [0.4, 0.5) is 0 Å². The van der Waals surface area contributed by atoms with Gasteiger partial charge in [-0.15, -0.1) is 0 Å². The van der Waals surface area contributed by atoms with Crippen LogP contribution >= 0.6 is 0 Å². The molecule has 0 radical (unpaired) electrons. The molecular weight excluding hydrogens is 340 g/mol. The largest absolute Gasteiger partial charge is 0.370 e. The van der Waals surface area contributed by atoms with E-state index in [1.807, 2.05) is 31.2 Å². The monoisotopic (exact) mass is 376 g/mol. The van der Waals surface area contributed by atoms with Crippen molar-refractivity contribution in [3.8, 4) is 0 Å². The third kappa shape index (κ3) is 5.94. The lowest BCUT2D eigenvalue weighted by Gasteiger charge is -2.34. The second kappa shape index (κ2) is 10.1. The molecule has 3 rings (SSSR count). The summed E-state index contributed by atoms with van der Waals surface area (Å²) in [5, 5.41) is 7.80.